The van der Waals surface area contributed by atoms with Crippen molar-refractivity contribution in [3.63, 3.8) is 0 Å². The highest BCUT2D eigenvalue weighted by Gasteiger charge is 2.65. The average molecular weight is 364 g/mol. The maximum atomic E-state index is 12.4. The lowest BCUT2D eigenvalue weighted by molar-refractivity contribution is -0.139. The summed E-state index contributed by atoms with van der Waals surface area (Å²) >= 11 is 0. The quantitative estimate of drug-likeness (QED) is 0.286. The van der Waals surface area contributed by atoms with E-state index in [1.54, 1.807) is 7.05 Å². The lowest BCUT2D eigenvalue weighted by Gasteiger charge is -2.35. The number of hydrogen-bond acceptors (Lipinski definition) is 7. The van der Waals surface area contributed by atoms with Crippen molar-refractivity contribution in [1.82, 2.24) is 20.8 Å². The monoisotopic (exact) mass is 364 g/mol. The Balaban J connectivity index is 1.72. The molecule has 2 saturated heterocycles. The molecule has 1 aliphatic carbocycles. The predicted molar refractivity (Wildman–Crippen MR) is 78.5 cm³/mol. The van der Waals surface area contributed by atoms with Gasteiger partial charge in [0.1, 0.15) is 6.04 Å². The highest BCUT2D eigenvalue weighted by Crippen LogP contribution is 2.59. The topological polar surface area (TPSA) is 138 Å². The Morgan fingerprint density at radius 1 is 1.46 bits per heavy atom. The smallest absolute Gasteiger partial charge is 0.317 e. The van der Waals surface area contributed by atoms with Gasteiger partial charge in [0, 0.05) is 13.1 Å². The minimum Gasteiger partial charge on any atom is -0.317 e. The number of hydrogen-bond donors (Lipinski definition) is 3. The van der Waals surface area contributed by atoms with Crippen molar-refractivity contribution in [1.29, 1.82) is 0 Å². The van der Waals surface area contributed by atoms with E-state index in [2.05, 4.69) is 15.1 Å². The van der Waals surface area contributed by atoms with E-state index in [4.69, 9.17) is 9.39 Å². The molecule has 3 fully saturated rings. The third-order valence-corrected chi connectivity index (χ3v) is 5.12. The second kappa shape index (κ2) is 6.11. The standard InChI is InChI=1S/C12H20N4O7S/c1-13-4-5-22-14-10(17)8-6-12(2-3-12)9-7-15(8)11(18)16(9)23-24(19,20)21/h8-9,13H,2-7H2,1H3,(H,14,17)(H,19,20,21). The van der Waals surface area contributed by atoms with Crippen molar-refractivity contribution in [3.05, 3.63) is 0 Å². The summed E-state index contributed by atoms with van der Waals surface area (Å²) in [6.45, 7) is 0.993. The molecule has 24 heavy (non-hydrogen) atoms. The van der Waals surface area contributed by atoms with Gasteiger partial charge in [-0.1, -0.05) is 0 Å². The first-order valence-electron chi connectivity index (χ1n) is 7.60. The van der Waals surface area contributed by atoms with Crippen molar-refractivity contribution in [2.24, 2.45) is 5.41 Å². The summed E-state index contributed by atoms with van der Waals surface area (Å²) in [6, 6.07) is -2.02. The van der Waals surface area contributed by atoms with Crippen LogP contribution in [0.2, 0.25) is 0 Å². The number of nitrogens with one attached hydrogen (secondary N) is 2. The van der Waals surface area contributed by atoms with E-state index in [-0.39, 0.29) is 18.6 Å². The Kier molecular flexibility index (Phi) is 4.42. The zero-order chi connectivity index (χ0) is 17.5. The number of carbonyl (C=O) groups is 2. The van der Waals surface area contributed by atoms with Crippen LogP contribution in [0.5, 0.6) is 0 Å². The molecule has 2 unspecified atom stereocenters. The molecule has 2 aliphatic heterocycles. The van der Waals surface area contributed by atoms with Crippen LogP contribution in [0.15, 0.2) is 0 Å². The van der Waals surface area contributed by atoms with E-state index in [1.807, 2.05) is 0 Å². The Labute approximate surface area is 139 Å². The number of amides is 3. The zero-order valence-electron chi connectivity index (χ0n) is 13.1. The van der Waals surface area contributed by atoms with Gasteiger partial charge in [-0.2, -0.15) is 13.5 Å². The van der Waals surface area contributed by atoms with Gasteiger partial charge in [-0.15, -0.1) is 4.28 Å². The molecule has 3 amide bonds. The van der Waals surface area contributed by atoms with E-state index in [9.17, 15) is 18.0 Å². The Hall–Kier alpha value is -1.47. The van der Waals surface area contributed by atoms with E-state index < -0.39 is 34.4 Å². The van der Waals surface area contributed by atoms with Crippen LogP contribution in [0, 0.1) is 5.41 Å². The van der Waals surface area contributed by atoms with E-state index >= 15 is 0 Å². The maximum absolute atomic E-state index is 12.4. The minimum absolute atomic E-state index is 0.170. The van der Waals surface area contributed by atoms with Crippen LogP contribution >= 0.6 is 0 Å². The summed E-state index contributed by atoms with van der Waals surface area (Å²) in [7, 11) is -3.07. The van der Waals surface area contributed by atoms with E-state index in [1.165, 1.54) is 4.90 Å². The molecule has 11 nitrogen and oxygen atoms in total. The summed E-state index contributed by atoms with van der Waals surface area (Å²) in [5.41, 5.74) is 1.96. The molecule has 2 heterocycles. The maximum Gasteiger partial charge on any atom is 0.418 e. The number of urea groups is 1. The normalized spacial score (nSPS) is 27.7. The Morgan fingerprint density at radius 2 is 2.17 bits per heavy atom. The van der Waals surface area contributed by atoms with Crippen LogP contribution in [0.3, 0.4) is 0 Å². The molecule has 0 radical (unpaired) electrons. The highest BCUT2D eigenvalue weighted by molar-refractivity contribution is 7.80. The van der Waals surface area contributed by atoms with Gasteiger partial charge in [0.25, 0.3) is 5.91 Å². The second-order valence-electron chi connectivity index (χ2n) is 6.28. The third kappa shape index (κ3) is 3.19. The van der Waals surface area contributed by atoms with Crippen molar-refractivity contribution in [2.75, 3.05) is 26.7 Å². The summed E-state index contributed by atoms with van der Waals surface area (Å²) in [5, 5.41) is 3.54. The SMILES string of the molecule is CNCCONC(=O)C1CC2(CC2)C2CN1C(=O)N2OS(=O)(=O)O. The number of rotatable bonds is 7. The average Bonchev–Trinajstić information content (AvgIpc) is 3.22. The fourth-order valence-corrected chi connectivity index (χ4v) is 3.76. The Bertz CT molecular complexity index is 635. The van der Waals surface area contributed by atoms with Gasteiger partial charge in [0.05, 0.1) is 12.6 Å². The third-order valence-electron chi connectivity index (χ3n) is 4.77. The summed E-state index contributed by atoms with van der Waals surface area (Å²) < 4.78 is 35.3. The fourth-order valence-electron chi connectivity index (χ4n) is 3.39. The number of hydroxylamine groups is 3. The van der Waals surface area contributed by atoms with Gasteiger partial charge in [-0.3, -0.25) is 14.2 Å². The highest BCUT2D eigenvalue weighted by atomic mass is 32.3. The van der Waals surface area contributed by atoms with E-state index in [0.29, 0.717) is 18.0 Å². The number of nitrogens with zero attached hydrogens (tertiary/aromatic N) is 2. The van der Waals surface area contributed by atoms with Gasteiger partial charge in [0.15, 0.2) is 0 Å². The number of carbonyl (C=O) groups excluding carboxylic acids is 2. The molecular weight excluding hydrogens is 344 g/mol. The van der Waals surface area contributed by atoms with Crippen molar-refractivity contribution >= 4 is 22.3 Å². The molecule has 0 aromatic carbocycles. The van der Waals surface area contributed by atoms with Crippen molar-refractivity contribution < 1.29 is 31.7 Å². The van der Waals surface area contributed by atoms with Crippen molar-refractivity contribution in [2.45, 2.75) is 31.3 Å². The Morgan fingerprint density at radius 3 is 2.75 bits per heavy atom. The molecule has 3 aliphatic rings. The second-order valence-corrected chi connectivity index (χ2v) is 7.28. The lowest BCUT2D eigenvalue weighted by Crippen LogP contribution is -2.52. The van der Waals surface area contributed by atoms with Crippen LogP contribution in [0.4, 0.5) is 4.79 Å². The first-order chi connectivity index (χ1) is 11.3. The molecule has 2 atom stereocenters. The van der Waals surface area contributed by atoms with Crippen LogP contribution in [-0.4, -0.2) is 73.7 Å². The molecular formula is C12H20N4O7S. The van der Waals surface area contributed by atoms with Gasteiger partial charge >= 0.3 is 16.4 Å². The molecule has 3 rings (SSSR count). The molecule has 136 valence electrons. The number of likely N-dealkylation sites (N-methyl/N-ethyl adjacent to an activating group) is 1. The molecule has 2 bridgehead atoms. The molecule has 1 spiro atoms. The van der Waals surface area contributed by atoms with Gasteiger partial charge in [-0.25, -0.2) is 10.3 Å². The van der Waals surface area contributed by atoms with Crippen LogP contribution < -0.4 is 10.8 Å². The van der Waals surface area contributed by atoms with Gasteiger partial charge in [0.2, 0.25) is 0 Å². The molecule has 0 aromatic heterocycles. The number of piperidine rings is 1. The first kappa shape index (κ1) is 17.4. The molecule has 12 heteroatoms. The summed E-state index contributed by atoms with van der Waals surface area (Å²) in [6.07, 6.45) is 1.92. The molecule has 3 N–H and O–H groups in total. The largest absolute Gasteiger partial charge is 0.418 e. The van der Waals surface area contributed by atoms with Crippen LogP contribution in [-0.2, 0) is 24.3 Å². The van der Waals surface area contributed by atoms with Crippen molar-refractivity contribution in [3.8, 4) is 0 Å². The summed E-state index contributed by atoms with van der Waals surface area (Å²) in [5.74, 6) is -0.460. The lowest BCUT2D eigenvalue weighted by atomic mass is 9.85. The van der Waals surface area contributed by atoms with Crippen LogP contribution in [0.25, 0.3) is 0 Å². The fraction of sp³-hybridized carbons (Fsp3) is 0.833. The summed E-state index contributed by atoms with van der Waals surface area (Å²) in [4.78, 5) is 31.0. The first-order valence-corrected chi connectivity index (χ1v) is 8.97. The minimum atomic E-state index is -4.81. The predicted octanol–water partition coefficient (Wildman–Crippen LogP) is -1.35. The number of fused-ring (bicyclic) bond motifs is 3. The zero-order valence-corrected chi connectivity index (χ0v) is 13.9. The molecule has 0 aromatic rings. The van der Waals surface area contributed by atoms with Gasteiger partial charge in [-0.05, 0) is 31.7 Å². The van der Waals surface area contributed by atoms with E-state index in [0.717, 1.165) is 12.8 Å². The van der Waals surface area contributed by atoms with Crippen LogP contribution in [0.1, 0.15) is 19.3 Å². The van der Waals surface area contributed by atoms with Gasteiger partial charge < -0.3 is 10.2 Å². The molecule has 1 saturated carbocycles.